The number of nitrogens with one attached hydrogen (secondary N) is 1. The van der Waals surface area contributed by atoms with E-state index in [2.05, 4.69) is 27.2 Å². The third-order valence-electron chi connectivity index (χ3n) is 4.31. The highest BCUT2D eigenvalue weighted by Crippen LogP contribution is 2.24. The number of thioether (sulfide) groups is 1. The van der Waals surface area contributed by atoms with Crippen LogP contribution in [0.5, 0.6) is 0 Å². The molecule has 3 aromatic heterocycles. The van der Waals surface area contributed by atoms with Crippen LogP contribution in [0.25, 0.3) is 11.6 Å². The number of furan rings is 1. The Hall–Kier alpha value is -3.30. The maximum absolute atomic E-state index is 12.6. The topological polar surface area (TPSA) is 90.8 Å². The zero-order valence-electron chi connectivity index (χ0n) is 16.4. The van der Waals surface area contributed by atoms with E-state index in [4.69, 9.17) is 16.0 Å². The second kappa shape index (κ2) is 9.67. The summed E-state index contributed by atoms with van der Waals surface area (Å²) in [6, 6.07) is 12.9. The van der Waals surface area contributed by atoms with E-state index in [1.165, 1.54) is 11.8 Å². The minimum atomic E-state index is -0.175. The Morgan fingerprint density at radius 3 is 2.94 bits per heavy atom. The number of hydrogen-bond acceptors (Lipinski definition) is 6. The first-order valence-corrected chi connectivity index (χ1v) is 10.8. The van der Waals surface area contributed by atoms with Crippen molar-refractivity contribution in [3.63, 3.8) is 0 Å². The smallest absolute Gasteiger partial charge is 0.235 e. The van der Waals surface area contributed by atoms with Crippen LogP contribution in [0.2, 0.25) is 5.02 Å². The molecule has 0 saturated carbocycles. The molecule has 1 amide bonds. The quantitative estimate of drug-likeness (QED) is 0.298. The predicted molar refractivity (Wildman–Crippen MR) is 120 cm³/mol. The van der Waals surface area contributed by atoms with E-state index in [1.54, 1.807) is 35.4 Å². The SMILES string of the molecule is C=CCn1c(SCC(=O)Nc2ccnn2Cc2cccc(Cl)c2)nnc1-c1ccco1. The van der Waals surface area contributed by atoms with Crippen LogP contribution in [-0.2, 0) is 17.9 Å². The Kier molecular flexibility index (Phi) is 6.54. The number of halogens is 1. The van der Waals surface area contributed by atoms with Gasteiger partial charge in [0.1, 0.15) is 5.82 Å². The third kappa shape index (κ3) is 5.07. The molecule has 0 fully saturated rings. The summed E-state index contributed by atoms with van der Waals surface area (Å²) in [5.74, 6) is 1.79. The van der Waals surface area contributed by atoms with Crippen molar-refractivity contribution in [2.75, 3.05) is 11.1 Å². The molecule has 0 radical (unpaired) electrons. The fourth-order valence-electron chi connectivity index (χ4n) is 2.96. The summed E-state index contributed by atoms with van der Waals surface area (Å²) in [7, 11) is 0. The summed E-state index contributed by atoms with van der Waals surface area (Å²) in [4.78, 5) is 12.6. The second-order valence-electron chi connectivity index (χ2n) is 6.52. The average molecular weight is 455 g/mol. The lowest BCUT2D eigenvalue weighted by Crippen LogP contribution is -2.18. The predicted octanol–water partition coefficient (Wildman–Crippen LogP) is 4.35. The van der Waals surface area contributed by atoms with Gasteiger partial charge in [-0.2, -0.15) is 5.10 Å². The number of nitrogens with zero attached hydrogens (tertiary/aromatic N) is 5. The molecule has 0 aliphatic heterocycles. The van der Waals surface area contributed by atoms with Gasteiger partial charge in [0, 0.05) is 17.6 Å². The number of anilines is 1. The molecule has 4 rings (SSSR count). The van der Waals surface area contributed by atoms with E-state index < -0.39 is 0 Å². The lowest BCUT2D eigenvalue weighted by Gasteiger charge is -2.10. The first kappa shape index (κ1) is 21.0. The molecule has 0 saturated heterocycles. The minimum absolute atomic E-state index is 0.162. The average Bonchev–Trinajstić information content (AvgIpc) is 3.49. The molecule has 0 unspecified atom stereocenters. The van der Waals surface area contributed by atoms with E-state index in [-0.39, 0.29) is 11.7 Å². The molecule has 4 aromatic rings. The molecule has 158 valence electrons. The van der Waals surface area contributed by atoms with Crippen molar-refractivity contribution in [2.45, 2.75) is 18.2 Å². The van der Waals surface area contributed by atoms with Gasteiger partial charge in [-0.15, -0.1) is 16.8 Å². The number of benzene rings is 1. The van der Waals surface area contributed by atoms with Gasteiger partial charge in [-0.25, -0.2) is 4.68 Å². The molecule has 0 bridgehead atoms. The van der Waals surface area contributed by atoms with Crippen molar-refractivity contribution in [2.24, 2.45) is 0 Å². The normalized spacial score (nSPS) is 10.9. The van der Waals surface area contributed by atoms with Gasteiger partial charge in [-0.05, 0) is 29.8 Å². The number of amides is 1. The van der Waals surface area contributed by atoms with Gasteiger partial charge < -0.3 is 9.73 Å². The van der Waals surface area contributed by atoms with Crippen LogP contribution in [0.4, 0.5) is 5.82 Å². The fraction of sp³-hybridized carbons (Fsp3) is 0.143. The van der Waals surface area contributed by atoms with Gasteiger partial charge in [0.05, 0.1) is 24.8 Å². The molecule has 0 aliphatic rings. The molecule has 3 heterocycles. The van der Waals surface area contributed by atoms with Gasteiger partial charge in [-0.3, -0.25) is 9.36 Å². The van der Waals surface area contributed by atoms with Gasteiger partial charge in [-0.1, -0.05) is 41.6 Å². The van der Waals surface area contributed by atoms with Crippen LogP contribution in [0.1, 0.15) is 5.56 Å². The molecular formula is C21H19ClN6O2S. The number of carbonyl (C=O) groups is 1. The van der Waals surface area contributed by atoms with Crippen LogP contribution >= 0.6 is 23.4 Å². The summed E-state index contributed by atoms with van der Waals surface area (Å²) >= 11 is 7.34. The van der Waals surface area contributed by atoms with Crippen LogP contribution < -0.4 is 5.32 Å². The fourth-order valence-corrected chi connectivity index (χ4v) is 3.92. The maximum Gasteiger partial charge on any atom is 0.235 e. The molecular weight excluding hydrogens is 436 g/mol. The van der Waals surface area contributed by atoms with Crippen molar-refractivity contribution in [1.29, 1.82) is 0 Å². The summed E-state index contributed by atoms with van der Waals surface area (Å²) in [6.45, 7) is 4.78. The lowest BCUT2D eigenvalue weighted by molar-refractivity contribution is -0.113. The lowest BCUT2D eigenvalue weighted by atomic mass is 10.2. The third-order valence-corrected chi connectivity index (χ3v) is 5.51. The Labute approximate surface area is 187 Å². The number of allylic oxidation sites excluding steroid dienone is 1. The summed E-state index contributed by atoms with van der Waals surface area (Å²) < 4.78 is 8.99. The van der Waals surface area contributed by atoms with Crippen molar-refractivity contribution >= 4 is 35.1 Å². The summed E-state index contributed by atoms with van der Waals surface area (Å²) in [5, 5.41) is 16.8. The highest BCUT2D eigenvalue weighted by molar-refractivity contribution is 7.99. The first-order valence-electron chi connectivity index (χ1n) is 9.41. The Balaban J connectivity index is 1.41. The number of hydrogen-bond donors (Lipinski definition) is 1. The Morgan fingerprint density at radius 1 is 1.26 bits per heavy atom. The highest BCUT2D eigenvalue weighted by Gasteiger charge is 2.17. The van der Waals surface area contributed by atoms with E-state index in [0.717, 1.165) is 5.56 Å². The second-order valence-corrected chi connectivity index (χ2v) is 7.90. The zero-order chi connectivity index (χ0) is 21.6. The molecule has 8 nitrogen and oxygen atoms in total. The van der Waals surface area contributed by atoms with E-state index in [9.17, 15) is 4.79 Å². The van der Waals surface area contributed by atoms with Crippen molar-refractivity contribution in [3.8, 4) is 11.6 Å². The van der Waals surface area contributed by atoms with Crippen LogP contribution in [0.3, 0.4) is 0 Å². The van der Waals surface area contributed by atoms with Crippen LogP contribution in [-0.4, -0.2) is 36.2 Å². The van der Waals surface area contributed by atoms with Gasteiger partial charge >= 0.3 is 0 Å². The maximum atomic E-state index is 12.6. The van der Waals surface area contributed by atoms with Gasteiger partial charge in [0.2, 0.25) is 11.7 Å². The zero-order valence-corrected chi connectivity index (χ0v) is 18.0. The summed E-state index contributed by atoms with van der Waals surface area (Å²) in [5.41, 5.74) is 0.990. The van der Waals surface area contributed by atoms with Crippen LogP contribution in [0, 0.1) is 0 Å². The largest absolute Gasteiger partial charge is 0.461 e. The van der Waals surface area contributed by atoms with E-state index in [1.807, 2.05) is 34.9 Å². The van der Waals surface area contributed by atoms with Crippen molar-refractivity contribution in [1.82, 2.24) is 24.5 Å². The first-order chi connectivity index (χ1) is 15.1. The van der Waals surface area contributed by atoms with E-state index >= 15 is 0 Å². The van der Waals surface area contributed by atoms with Crippen LogP contribution in [0.15, 0.2) is 77.2 Å². The number of rotatable bonds is 9. The molecule has 0 atom stereocenters. The summed E-state index contributed by atoms with van der Waals surface area (Å²) in [6.07, 6.45) is 4.97. The van der Waals surface area contributed by atoms with Crippen molar-refractivity contribution in [3.05, 3.63) is 78.2 Å². The molecule has 1 N–H and O–H groups in total. The minimum Gasteiger partial charge on any atom is -0.461 e. The Bertz CT molecular complexity index is 1180. The number of carbonyl (C=O) groups excluding carboxylic acids is 1. The van der Waals surface area contributed by atoms with E-state index in [0.29, 0.717) is 40.7 Å². The standard InChI is InChI=1S/C21H19ClN6O2S/c1-2-10-27-20(17-7-4-11-30-17)25-26-21(27)31-14-19(29)24-18-8-9-23-28(18)13-15-5-3-6-16(22)12-15/h2-9,11-12H,1,10,13-14H2,(H,24,29). The van der Waals surface area contributed by atoms with Gasteiger partial charge in [0.15, 0.2) is 10.9 Å². The number of aromatic nitrogens is 5. The molecule has 10 heteroatoms. The highest BCUT2D eigenvalue weighted by atomic mass is 35.5. The Morgan fingerprint density at radius 2 is 2.16 bits per heavy atom. The molecule has 31 heavy (non-hydrogen) atoms. The van der Waals surface area contributed by atoms with Gasteiger partial charge in [0.25, 0.3) is 0 Å². The molecule has 0 aliphatic carbocycles. The molecule has 1 aromatic carbocycles. The molecule has 0 spiro atoms. The monoisotopic (exact) mass is 454 g/mol. The van der Waals surface area contributed by atoms with Crippen molar-refractivity contribution < 1.29 is 9.21 Å².